The Labute approximate surface area is 104 Å². The number of rotatable bonds is 0. The van der Waals surface area contributed by atoms with Gasteiger partial charge in [0.25, 0.3) is 0 Å². The molecule has 0 unspecified atom stereocenters. The molecule has 0 N–H and O–H groups in total. The van der Waals surface area contributed by atoms with Gasteiger partial charge in [-0.1, -0.05) is 55.1 Å². The van der Waals surface area contributed by atoms with E-state index in [0.717, 1.165) is 27.3 Å². The Bertz CT molecular complexity index is 783. The zero-order valence-corrected chi connectivity index (χ0v) is 9.73. The van der Waals surface area contributed by atoms with Crippen LogP contribution < -0.4 is 0 Å². The van der Waals surface area contributed by atoms with Crippen molar-refractivity contribution in [3.63, 3.8) is 0 Å². The van der Waals surface area contributed by atoms with Crippen LogP contribution in [-0.2, 0) is 0 Å². The van der Waals surface area contributed by atoms with E-state index < -0.39 is 0 Å². The fourth-order valence-electron chi connectivity index (χ4n) is 2.88. The van der Waals surface area contributed by atoms with Crippen LogP contribution in [0.2, 0.25) is 0 Å². The average Bonchev–Trinajstić information content (AvgIpc) is 2.43. The average molecular weight is 230 g/mol. The van der Waals surface area contributed by atoms with Crippen molar-refractivity contribution >= 4 is 32.9 Å². The molecule has 1 heteroatoms. The highest BCUT2D eigenvalue weighted by Crippen LogP contribution is 2.39. The lowest BCUT2D eigenvalue weighted by Crippen LogP contribution is -2.08. The zero-order chi connectivity index (χ0) is 12.3. The number of hydrogen-bond donors (Lipinski definition) is 0. The monoisotopic (exact) mass is 230 g/mol. The molecule has 3 aromatic carbocycles. The van der Waals surface area contributed by atoms with Crippen LogP contribution in [0.3, 0.4) is 0 Å². The fraction of sp³-hybridized carbons (Fsp3) is 0. The Hall–Kier alpha value is -2.41. The minimum atomic E-state index is 0.0480. The molecule has 0 amide bonds. The molecule has 0 radical (unpaired) electrons. The lowest BCUT2D eigenvalue weighted by Gasteiger charge is -2.19. The van der Waals surface area contributed by atoms with Crippen molar-refractivity contribution in [3.05, 3.63) is 66.2 Å². The van der Waals surface area contributed by atoms with E-state index in [1.54, 1.807) is 0 Å². The van der Waals surface area contributed by atoms with Crippen LogP contribution in [0.1, 0.15) is 15.9 Å². The van der Waals surface area contributed by atoms with Gasteiger partial charge in [0.05, 0.1) is 0 Å². The van der Waals surface area contributed by atoms with Crippen molar-refractivity contribution in [2.24, 2.45) is 0 Å². The summed E-state index contributed by atoms with van der Waals surface area (Å²) in [4.78, 5) is 12.3. The number of ketones is 1. The second-order valence-corrected chi connectivity index (χ2v) is 4.68. The van der Waals surface area contributed by atoms with Gasteiger partial charge in [0.1, 0.15) is 0 Å². The van der Waals surface area contributed by atoms with E-state index in [1.165, 1.54) is 5.39 Å². The molecular formula is C17H10O. The van der Waals surface area contributed by atoms with Gasteiger partial charge in [-0.3, -0.25) is 4.79 Å². The van der Waals surface area contributed by atoms with Gasteiger partial charge in [-0.15, -0.1) is 0 Å². The van der Waals surface area contributed by atoms with E-state index in [9.17, 15) is 4.79 Å². The maximum atomic E-state index is 12.3. The van der Waals surface area contributed by atoms with Crippen LogP contribution in [0.4, 0.5) is 0 Å². The first-order valence-electron chi connectivity index (χ1n) is 5.96. The second-order valence-electron chi connectivity index (χ2n) is 4.68. The number of hydrogen-bond acceptors (Lipinski definition) is 1. The number of carbonyl (C=O) groups is 1. The summed E-state index contributed by atoms with van der Waals surface area (Å²) < 4.78 is 0. The summed E-state index contributed by atoms with van der Waals surface area (Å²) in [5.41, 5.74) is 2.36. The molecule has 0 fully saturated rings. The third-order valence-corrected chi connectivity index (χ3v) is 3.73. The van der Waals surface area contributed by atoms with Crippen LogP contribution in [0.15, 0.2) is 55.1 Å². The standard InChI is InChI=1S/C17H10O/c1-10-13-6-2-4-11-8-9-12-5-3-7-14(17(10)18)16(12)15(11)13/h2-9H,1H2. The van der Waals surface area contributed by atoms with Gasteiger partial charge in [-0.2, -0.15) is 0 Å². The smallest absolute Gasteiger partial charge is 0.193 e. The van der Waals surface area contributed by atoms with E-state index >= 15 is 0 Å². The number of Topliss-reactive ketones (excluding diaryl/α,β-unsaturated/α-hetero) is 1. The van der Waals surface area contributed by atoms with E-state index in [2.05, 4.69) is 30.8 Å². The maximum absolute atomic E-state index is 12.3. The molecule has 0 spiro atoms. The molecule has 0 aromatic heterocycles. The van der Waals surface area contributed by atoms with Gasteiger partial charge in [-0.25, -0.2) is 0 Å². The summed E-state index contributed by atoms with van der Waals surface area (Å²) >= 11 is 0. The maximum Gasteiger partial charge on any atom is 0.193 e. The largest absolute Gasteiger partial charge is 0.289 e. The molecule has 84 valence electrons. The molecule has 0 saturated heterocycles. The first-order valence-corrected chi connectivity index (χ1v) is 5.96. The molecule has 1 nitrogen and oxygen atoms in total. The van der Waals surface area contributed by atoms with Crippen LogP contribution in [0.25, 0.3) is 27.1 Å². The van der Waals surface area contributed by atoms with Crippen LogP contribution in [-0.4, -0.2) is 5.78 Å². The lowest BCUT2D eigenvalue weighted by atomic mass is 9.83. The van der Waals surface area contributed by atoms with Gasteiger partial charge in [0, 0.05) is 16.5 Å². The quantitative estimate of drug-likeness (QED) is 0.418. The van der Waals surface area contributed by atoms with E-state index in [1.807, 2.05) is 24.3 Å². The van der Waals surface area contributed by atoms with E-state index in [-0.39, 0.29) is 5.78 Å². The molecule has 0 heterocycles. The number of carbonyl (C=O) groups excluding carboxylic acids is 1. The highest BCUT2D eigenvalue weighted by Gasteiger charge is 2.23. The molecule has 0 atom stereocenters. The topological polar surface area (TPSA) is 17.1 Å². The molecule has 0 aliphatic heterocycles. The zero-order valence-electron chi connectivity index (χ0n) is 9.73. The number of allylic oxidation sites excluding steroid dienone is 1. The Morgan fingerprint density at radius 3 is 1.94 bits per heavy atom. The van der Waals surface area contributed by atoms with Gasteiger partial charge in [0.2, 0.25) is 0 Å². The summed E-state index contributed by atoms with van der Waals surface area (Å²) in [7, 11) is 0. The predicted octanol–water partition coefficient (Wildman–Crippen LogP) is 4.20. The van der Waals surface area contributed by atoms with Gasteiger partial charge >= 0.3 is 0 Å². The molecule has 18 heavy (non-hydrogen) atoms. The summed E-state index contributed by atoms with van der Waals surface area (Å²) in [6.07, 6.45) is 0. The summed E-state index contributed by atoms with van der Waals surface area (Å²) in [6, 6.07) is 16.1. The molecule has 3 aromatic rings. The van der Waals surface area contributed by atoms with Gasteiger partial charge in [-0.05, 0) is 21.7 Å². The van der Waals surface area contributed by atoms with E-state index in [4.69, 9.17) is 0 Å². The van der Waals surface area contributed by atoms with Crippen LogP contribution in [0.5, 0.6) is 0 Å². The Morgan fingerprint density at radius 1 is 0.722 bits per heavy atom. The highest BCUT2D eigenvalue weighted by atomic mass is 16.1. The van der Waals surface area contributed by atoms with Crippen molar-refractivity contribution in [1.29, 1.82) is 0 Å². The van der Waals surface area contributed by atoms with Crippen molar-refractivity contribution in [2.75, 3.05) is 0 Å². The highest BCUT2D eigenvalue weighted by molar-refractivity contribution is 6.40. The van der Waals surface area contributed by atoms with Crippen LogP contribution in [0, 0.1) is 0 Å². The Balaban J connectivity index is 2.44. The van der Waals surface area contributed by atoms with Gasteiger partial charge < -0.3 is 0 Å². The minimum Gasteiger partial charge on any atom is -0.289 e. The van der Waals surface area contributed by atoms with Crippen molar-refractivity contribution in [3.8, 4) is 0 Å². The summed E-state index contributed by atoms with van der Waals surface area (Å²) in [5.74, 6) is 0.0480. The minimum absolute atomic E-state index is 0.0480. The molecular weight excluding hydrogens is 220 g/mol. The first-order chi connectivity index (χ1) is 8.77. The SMILES string of the molecule is C=C1C(=O)c2cccc3ccc4cccc1c4c23. The Kier molecular flexibility index (Phi) is 1.64. The van der Waals surface area contributed by atoms with Crippen molar-refractivity contribution in [1.82, 2.24) is 0 Å². The third-order valence-electron chi connectivity index (χ3n) is 3.73. The second kappa shape index (κ2) is 3.08. The molecule has 4 rings (SSSR count). The summed E-state index contributed by atoms with van der Waals surface area (Å²) in [5, 5.41) is 4.52. The van der Waals surface area contributed by atoms with Crippen molar-refractivity contribution < 1.29 is 4.79 Å². The molecule has 1 aliphatic carbocycles. The first kappa shape index (κ1) is 9.60. The normalized spacial score (nSPS) is 13.8. The molecule has 0 bridgehead atoms. The lowest BCUT2D eigenvalue weighted by molar-refractivity contribution is 0.105. The fourth-order valence-corrected chi connectivity index (χ4v) is 2.88. The molecule has 0 saturated carbocycles. The number of benzene rings is 3. The summed E-state index contributed by atoms with van der Waals surface area (Å²) in [6.45, 7) is 3.96. The van der Waals surface area contributed by atoms with Gasteiger partial charge in [0.15, 0.2) is 5.78 Å². The van der Waals surface area contributed by atoms with Crippen LogP contribution >= 0.6 is 0 Å². The molecule has 1 aliphatic rings. The third kappa shape index (κ3) is 0.992. The van der Waals surface area contributed by atoms with Crippen molar-refractivity contribution in [2.45, 2.75) is 0 Å². The van der Waals surface area contributed by atoms with E-state index in [0.29, 0.717) is 5.57 Å². The Morgan fingerprint density at radius 2 is 1.28 bits per heavy atom. The predicted molar refractivity (Wildman–Crippen MR) is 74.8 cm³/mol.